The van der Waals surface area contributed by atoms with Gasteiger partial charge in [-0.2, -0.15) is 0 Å². The van der Waals surface area contributed by atoms with Gasteiger partial charge in [-0.3, -0.25) is 0 Å². The summed E-state index contributed by atoms with van der Waals surface area (Å²) in [4.78, 5) is 0. The number of nitrogens with two attached hydrogens (primary N) is 1. The van der Waals surface area contributed by atoms with Gasteiger partial charge in [-0.15, -0.1) is 12.4 Å². The minimum Gasteiger partial charge on any atom is -0.327 e. The van der Waals surface area contributed by atoms with E-state index in [4.69, 9.17) is 5.73 Å². The van der Waals surface area contributed by atoms with Crippen LogP contribution in [0.2, 0.25) is 0 Å². The number of nitrogens with zero attached hydrogens (tertiary/aromatic N) is 1. The maximum Gasteiger partial charge on any atom is 0.217 e. The topological polar surface area (TPSA) is 63.4 Å². The van der Waals surface area contributed by atoms with Gasteiger partial charge in [-0.1, -0.05) is 0 Å². The molecule has 84 valence electrons. The Morgan fingerprint density at radius 2 is 1.86 bits per heavy atom. The Balaban J connectivity index is 0.000000980. The first kappa shape index (κ1) is 12.2. The third-order valence-electron chi connectivity index (χ3n) is 2.73. The van der Waals surface area contributed by atoms with Crippen molar-refractivity contribution in [3.63, 3.8) is 0 Å². The van der Waals surface area contributed by atoms with Crippen LogP contribution in [0.25, 0.3) is 0 Å². The molecule has 2 aliphatic rings. The summed E-state index contributed by atoms with van der Waals surface area (Å²) >= 11 is 0. The van der Waals surface area contributed by atoms with Crippen molar-refractivity contribution in [2.24, 2.45) is 5.73 Å². The second-order valence-corrected chi connectivity index (χ2v) is 6.22. The summed E-state index contributed by atoms with van der Waals surface area (Å²) in [5.41, 5.74) is 5.74. The Morgan fingerprint density at radius 1 is 1.21 bits per heavy atom. The van der Waals surface area contributed by atoms with Gasteiger partial charge in [0.15, 0.2) is 0 Å². The van der Waals surface area contributed by atoms with Crippen LogP contribution in [-0.2, 0) is 10.0 Å². The van der Waals surface area contributed by atoms with Crippen LogP contribution >= 0.6 is 12.4 Å². The summed E-state index contributed by atoms with van der Waals surface area (Å²) in [7, 11) is -2.97. The smallest absolute Gasteiger partial charge is 0.217 e. The van der Waals surface area contributed by atoms with Crippen LogP contribution < -0.4 is 5.73 Å². The molecule has 0 aromatic carbocycles. The van der Waals surface area contributed by atoms with E-state index in [0.29, 0.717) is 13.1 Å². The number of halogens is 1. The molecular formula is C8H17ClN2O2S. The molecule has 14 heavy (non-hydrogen) atoms. The van der Waals surface area contributed by atoms with E-state index < -0.39 is 10.0 Å². The van der Waals surface area contributed by atoms with Crippen molar-refractivity contribution in [1.82, 2.24) is 4.31 Å². The average molecular weight is 241 g/mol. The Hall–Kier alpha value is 0.160. The van der Waals surface area contributed by atoms with Crippen LogP contribution in [0.5, 0.6) is 0 Å². The van der Waals surface area contributed by atoms with E-state index >= 15 is 0 Å². The third kappa shape index (κ3) is 2.39. The quantitative estimate of drug-likeness (QED) is 0.756. The average Bonchev–Trinajstić information content (AvgIpc) is 2.86. The highest BCUT2D eigenvalue weighted by atomic mass is 35.5. The van der Waals surface area contributed by atoms with Gasteiger partial charge in [-0.05, 0) is 25.7 Å². The van der Waals surface area contributed by atoms with Crippen LogP contribution in [0.4, 0.5) is 0 Å². The van der Waals surface area contributed by atoms with Crippen molar-refractivity contribution in [3.05, 3.63) is 0 Å². The molecule has 0 radical (unpaired) electrons. The first-order chi connectivity index (χ1) is 6.10. The second-order valence-electron chi connectivity index (χ2n) is 4.00. The largest absolute Gasteiger partial charge is 0.327 e. The Kier molecular flexibility index (Phi) is 3.80. The van der Waals surface area contributed by atoms with Crippen LogP contribution in [0.1, 0.15) is 25.7 Å². The molecule has 0 bridgehead atoms. The summed E-state index contributed by atoms with van der Waals surface area (Å²) in [6.07, 6.45) is 3.55. The third-order valence-corrected chi connectivity index (χ3v) is 5.09. The molecule has 2 fully saturated rings. The SMILES string of the molecule is Cl.N[C@H]1CCCN(S(=O)(=O)C2CC2)C1. The fourth-order valence-corrected chi connectivity index (χ4v) is 3.72. The zero-order chi connectivity index (χ0) is 9.47. The molecule has 0 amide bonds. The molecule has 0 unspecified atom stereocenters. The molecule has 1 saturated heterocycles. The number of piperidine rings is 1. The molecule has 1 heterocycles. The summed E-state index contributed by atoms with van der Waals surface area (Å²) in [5.74, 6) is 0. The van der Waals surface area contributed by atoms with Crippen LogP contribution in [-0.4, -0.2) is 37.1 Å². The van der Waals surface area contributed by atoms with Gasteiger partial charge in [0.25, 0.3) is 0 Å². The first-order valence-electron chi connectivity index (χ1n) is 4.85. The number of rotatable bonds is 2. The van der Waals surface area contributed by atoms with Gasteiger partial charge in [-0.25, -0.2) is 12.7 Å². The van der Waals surface area contributed by atoms with Gasteiger partial charge in [0.05, 0.1) is 5.25 Å². The molecule has 6 heteroatoms. The lowest BCUT2D eigenvalue weighted by atomic mass is 10.1. The van der Waals surface area contributed by atoms with Gasteiger partial charge < -0.3 is 5.73 Å². The minimum absolute atomic E-state index is 0. The minimum atomic E-state index is -2.97. The van der Waals surface area contributed by atoms with Crippen molar-refractivity contribution in [1.29, 1.82) is 0 Å². The summed E-state index contributed by atoms with van der Waals surface area (Å²) in [6, 6.07) is 0.0438. The maximum absolute atomic E-state index is 11.8. The molecule has 1 aliphatic heterocycles. The lowest BCUT2D eigenvalue weighted by Gasteiger charge is -2.29. The lowest BCUT2D eigenvalue weighted by molar-refractivity contribution is 0.315. The van der Waals surface area contributed by atoms with E-state index in [2.05, 4.69) is 0 Å². The van der Waals surface area contributed by atoms with Gasteiger partial charge >= 0.3 is 0 Å². The number of hydrogen-bond donors (Lipinski definition) is 1. The monoisotopic (exact) mass is 240 g/mol. The second kappa shape index (κ2) is 4.35. The zero-order valence-corrected chi connectivity index (χ0v) is 9.69. The van der Waals surface area contributed by atoms with E-state index in [0.717, 1.165) is 25.7 Å². The summed E-state index contributed by atoms with van der Waals surface area (Å²) < 4.78 is 25.1. The Bertz CT molecular complexity index is 290. The van der Waals surface area contributed by atoms with Crippen molar-refractivity contribution >= 4 is 22.4 Å². The van der Waals surface area contributed by atoms with E-state index in [1.165, 1.54) is 0 Å². The van der Waals surface area contributed by atoms with Crippen molar-refractivity contribution in [3.8, 4) is 0 Å². The van der Waals surface area contributed by atoms with Gasteiger partial charge in [0.2, 0.25) is 10.0 Å². The van der Waals surface area contributed by atoms with Gasteiger partial charge in [0, 0.05) is 19.1 Å². The van der Waals surface area contributed by atoms with Crippen LogP contribution in [0.15, 0.2) is 0 Å². The van der Waals surface area contributed by atoms with Crippen molar-refractivity contribution in [2.75, 3.05) is 13.1 Å². The number of hydrogen-bond acceptors (Lipinski definition) is 3. The van der Waals surface area contributed by atoms with Crippen LogP contribution in [0.3, 0.4) is 0 Å². The fourth-order valence-electron chi connectivity index (χ4n) is 1.78. The highest BCUT2D eigenvalue weighted by molar-refractivity contribution is 7.90. The summed E-state index contributed by atoms with van der Waals surface area (Å²) in [6.45, 7) is 1.20. The predicted molar refractivity (Wildman–Crippen MR) is 58.0 cm³/mol. The molecule has 1 atom stereocenters. The normalized spacial score (nSPS) is 29.6. The highest BCUT2D eigenvalue weighted by Crippen LogP contribution is 2.32. The van der Waals surface area contributed by atoms with E-state index in [1.54, 1.807) is 4.31 Å². The van der Waals surface area contributed by atoms with Crippen LogP contribution in [0, 0.1) is 0 Å². The summed E-state index contributed by atoms with van der Waals surface area (Å²) in [5, 5.41) is -0.0854. The molecule has 4 nitrogen and oxygen atoms in total. The van der Waals surface area contributed by atoms with Crippen molar-refractivity contribution in [2.45, 2.75) is 37.0 Å². The maximum atomic E-state index is 11.8. The molecule has 1 aliphatic carbocycles. The molecule has 2 rings (SSSR count). The Labute approximate surface area is 91.3 Å². The van der Waals surface area contributed by atoms with E-state index in [-0.39, 0.29) is 23.7 Å². The molecule has 1 saturated carbocycles. The molecule has 0 aromatic rings. The van der Waals surface area contributed by atoms with Gasteiger partial charge in [0.1, 0.15) is 0 Å². The van der Waals surface area contributed by atoms with Crippen molar-refractivity contribution < 1.29 is 8.42 Å². The standard InChI is InChI=1S/C8H16N2O2S.ClH/c9-7-2-1-5-10(6-7)13(11,12)8-3-4-8;/h7-8H,1-6,9H2;1H/t7-;/m0./s1. The predicted octanol–water partition coefficient (Wildman–Crippen LogP) is 0.324. The number of sulfonamides is 1. The molecular weight excluding hydrogens is 224 g/mol. The fraction of sp³-hybridized carbons (Fsp3) is 1.00. The van der Waals surface area contributed by atoms with E-state index in [9.17, 15) is 8.42 Å². The first-order valence-corrected chi connectivity index (χ1v) is 6.35. The van der Waals surface area contributed by atoms with E-state index in [1.807, 2.05) is 0 Å². The molecule has 0 aromatic heterocycles. The molecule has 0 spiro atoms. The zero-order valence-electron chi connectivity index (χ0n) is 8.05. The lowest BCUT2D eigenvalue weighted by Crippen LogP contribution is -2.46. The highest BCUT2D eigenvalue weighted by Gasteiger charge is 2.41. The molecule has 2 N–H and O–H groups in total. The Morgan fingerprint density at radius 3 is 2.36 bits per heavy atom.